The molecule has 0 aliphatic heterocycles. The summed E-state index contributed by atoms with van der Waals surface area (Å²) in [5.41, 5.74) is 3.13. The van der Waals surface area contributed by atoms with Gasteiger partial charge in [0.2, 0.25) is 0 Å². The number of hydrogen-bond donors (Lipinski definition) is 2. The Kier molecular flexibility index (Phi) is 4.64. The smallest absolute Gasteiger partial charge is 0.143 e. The quantitative estimate of drug-likeness (QED) is 0.494. The first kappa shape index (κ1) is 16.2. The largest absolute Gasteiger partial charge is 0.508 e. The molecule has 0 atom stereocenters. The number of phenolic OH excluding ortho intramolecular Hbond substituents is 1. The maximum Gasteiger partial charge on any atom is 0.143 e. The van der Waals surface area contributed by atoms with E-state index in [9.17, 15) is 5.11 Å². The maximum absolute atomic E-state index is 9.40. The summed E-state index contributed by atoms with van der Waals surface area (Å²) in [5.74, 6) is 1.00. The maximum atomic E-state index is 9.40. The molecule has 24 heavy (non-hydrogen) atoms. The zero-order valence-corrected chi connectivity index (χ0v) is 14.1. The summed E-state index contributed by atoms with van der Waals surface area (Å²) >= 11 is 1.60. The summed E-state index contributed by atoms with van der Waals surface area (Å²) in [4.78, 5) is 9.72. The first-order chi connectivity index (χ1) is 11.3. The number of phenols is 1. The van der Waals surface area contributed by atoms with E-state index in [1.54, 1.807) is 29.8 Å². The minimum atomic E-state index is 0. The SMILES string of the molecule is Cl.Oc1ccc(Nc2ncnc3scc(-c4ccccc4)c23)cc1. The highest BCUT2D eigenvalue weighted by Gasteiger charge is 2.13. The highest BCUT2D eigenvalue weighted by atomic mass is 35.5. The standard InChI is InChI=1S/C18H13N3OS.ClH/c22-14-8-6-13(7-9-14)21-17-16-15(12-4-2-1-3-5-12)10-23-18(16)20-11-19-17;/h1-11,22H,(H,19,20,21);1H. The molecule has 4 rings (SSSR count). The molecule has 2 N–H and O–H groups in total. The molecular weight excluding hydrogens is 342 g/mol. The Morgan fingerprint density at radius 2 is 1.67 bits per heavy atom. The molecule has 6 heteroatoms. The van der Waals surface area contributed by atoms with Gasteiger partial charge in [-0.15, -0.1) is 23.7 Å². The zero-order valence-electron chi connectivity index (χ0n) is 12.5. The predicted molar refractivity (Wildman–Crippen MR) is 101 cm³/mol. The highest BCUT2D eigenvalue weighted by molar-refractivity contribution is 7.17. The van der Waals surface area contributed by atoms with Crippen LogP contribution in [0.2, 0.25) is 0 Å². The van der Waals surface area contributed by atoms with Gasteiger partial charge in [0.15, 0.2) is 0 Å². The first-order valence-corrected chi connectivity index (χ1v) is 8.03. The number of fused-ring (bicyclic) bond motifs is 1. The molecule has 0 aliphatic rings. The number of benzene rings is 2. The van der Waals surface area contributed by atoms with Crippen molar-refractivity contribution >= 4 is 45.5 Å². The fraction of sp³-hybridized carbons (Fsp3) is 0. The highest BCUT2D eigenvalue weighted by Crippen LogP contribution is 2.37. The molecule has 2 aromatic heterocycles. The number of aromatic nitrogens is 2. The van der Waals surface area contributed by atoms with Crippen molar-refractivity contribution < 1.29 is 5.11 Å². The van der Waals surface area contributed by atoms with Crippen molar-refractivity contribution in [3.63, 3.8) is 0 Å². The van der Waals surface area contributed by atoms with Gasteiger partial charge in [0.1, 0.15) is 22.7 Å². The minimum absolute atomic E-state index is 0. The normalized spacial score (nSPS) is 10.3. The number of nitrogens with zero attached hydrogens (tertiary/aromatic N) is 2. The summed E-state index contributed by atoms with van der Waals surface area (Å²) in [7, 11) is 0. The van der Waals surface area contributed by atoms with E-state index in [1.807, 2.05) is 30.3 Å². The van der Waals surface area contributed by atoms with E-state index in [2.05, 4.69) is 32.8 Å². The molecule has 120 valence electrons. The molecule has 4 aromatic rings. The van der Waals surface area contributed by atoms with Crippen molar-refractivity contribution in [1.29, 1.82) is 0 Å². The van der Waals surface area contributed by atoms with Gasteiger partial charge in [0, 0.05) is 16.6 Å². The third kappa shape index (κ3) is 3.04. The second kappa shape index (κ2) is 6.86. The molecule has 0 saturated carbocycles. The van der Waals surface area contributed by atoms with Crippen molar-refractivity contribution in [2.75, 3.05) is 5.32 Å². The van der Waals surface area contributed by atoms with Gasteiger partial charge < -0.3 is 10.4 Å². The molecular formula is C18H14ClN3OS. The van der Waals surface area contributed by atoms with Crippen LogP contribution < -0.4 is 5.32 Å². The monoisotopic (exact) mass is 355 g/mol. The van der Waals surface area contributed by atoms with Crippen LogP contribution in [0.3, 0.4) is 0 Å². The molecule has 0 unspecified atom stereocenters. The molecule has 2 aromatic carbocycles. The molecule has 0 spiro atoms. The number of thiophene rings is 1. The third-order valence-corrected chi connectivity index (χ3v) is 4.47. The van der Waals surface area contributed by atoms with Crippen LogP contribution in [0.1, 0.15) is 0 Å². The second-order valence-corrected chi connectivity index (χ2v) is 5.95. The van der Waals surface area contributed by atoms with Gasteiger partial charge in [-0.2, -0.15) is 0 Å². The third-order valence-electron chi connectivity index (χ3n) is 3.59. The number of aromatic hydroxyl groups is 1. The van der Waals surface area contributed by atoms with Crippen molar-refractivity contribution in [2.24, 2.45) is 0 Å². The lowest BCUT2D eigenvalue weighted by Gasteiger charge is -2.08. The fourth-order valence-electron chi connectivity index (χ4n) is 2.48. The number of rotatable bonds is 3. The van der Waals surface area contributed by atoms with Crippen molar-refractivity contribution in [3.05, 3.63) is 66.3 Å². The van der Waals surface area contributed by atoms with Gasteiger partial charge in [-0.1, -0.05) is 30.3 Å². The van der Waals surface area contributed by atoms with Gasteiger partial charge in [0.05, 0.1) is 5.39 Å². The van der Waals surface area contributed by atoms with Crippen LogP contribution in [0.4, 0.5) is 11.5 Å². The Morgan fingerprint density at radius 1 is 0.917 bits per heavy atom. The van der Waals surface area contributed by atoms with E-state index in [1.165, 1.54) is 0 Å². The number of nitrogens with one attached hydrogen (secondary N) is 1. The van der Waals surface area contributed by atoms with E-state index >= 15 is 0 Å². The Labute approximate surface area is 149 Å². The minimum Gasteiger partial charge on any atom is -0.508 e. The molecule has 0 radical (unpaired) electrons. The van der Waals surface area contributed by atoms with Crippen LogP contribution in [0.25, 0.3) is 21.3 Å². The van der Waals surface area contributed by atoms with Crippen LogP contribution in [0, 0.1) is 0 Å². The van der Waals surface area contributed by atoms with Crippen LogP contribution >= 0.6 is 23.7 Å². The topological polar surface area (TPSA) is 58.0 Å². The molecule has 0 bridgehead atoms. The lowest BCUT2D eigenvalue weighted by Crippen LogP contribution is -1.95. The molecule has 0 saturated heterocycles. The Morgan fingerprint density at radius 3 is 2.42 bits per heavy atom. The van der Waals surface area contributed by atoms with E-state index in [0.29, 0.717) is 0 Å². The van der Waals surface area contributed by atoms with E-state index in [0.717, 1.165) is 32.8 Å². The Bertz CT molecular complexity index is 955. The molecule has 0 amide bonds. The van der Waals surface area contributed by atoms with Gasteiger partial charge in [-0.05, 0) is 29.8 Å². The van der Waals surface area contributed by atoms with Crippen molar-refractivity contribution in [2.45, 2.75) is 0 Å². The summed E-state index contributed by atoms with van der Waals surface area (Å²) < 4.78 is 0. The Balaban J connectivity index is 0.00000169. The summed E-state index contributed by atoms with van der Waals surface area (Å²) in [6.45, 7) is 0. The summed E-state index contributed by atoms with van der Waals surface area (Å²) in [6, 6.07) is 17.1. The number of anilines is 2. The molecule has 4 nitrogen and oxygen atoms in total. The van der Waals surface area contributed by atoms with Crippen LogP contribution in [-0.2, 0) is 0 Å². The van der Waals surface area contributed by atoms with E-state index in [4.69, 9.17) is 0 Å². The van der Waals surface area contributed by atoms with E-state index in [-0.39, 0.29) is 18.2 Å². The van der Waals surface area contributed by atoms with Gasteiger partial charge in [-0.25, -0.2) is 9.97 Å². The summed E-state index contributed by atoms with van der Waals surface area (Å²) in [5, 5.41) is 15.8. The van der Waals surface area contributed by atoms with Gasteiger partial charge >= 0.3 is 0 Å². The van der Waals surface area contributed by atoms with Crippen LogP contribution in [-0.4, -0.2) is 15.1 Å². The van der Waals surface area contributed by atoms with Crippen LogP contribution in [0.5, 0.6) is 5.75 Å². The summed E-state index contributed by atoms with van der Waals surface area (Å²) in [6.07, 6.45) is 1.57. The van der Waals surface area contributed by atoms with Gasteiger partial charge in [-0.3, -0.25) is 0 Å². The average molecular weight is 356 g/mol. The molecule has 2 heterocycles. The molecule has 0 fully saturated rings. The van der Waals surface area contributed by atoms with Crippen molar-refractivity contribution in [1.82, 2.24) is 9.97 Å². The second-order valence-electron chi connectivity index (χ2n) is 5.09. The lowest BCUT2D eigenvalue weighted by molar-refractivity contribution is 0.475. The zero-order chi connectivity index (χ0) is 15.6. The lowest BCUT2D eigenvalue weighted by atomic mass is 10.1. The molecule has 0 aliphatic carbocycles. The van der Waals surface area contributed by atoms with Crippen LogP contribution in [0.15, 0.2) is 66.3 Å². The Hall–Kier alpha value is -2.63. The first-order valence-electron chi connectivity index (χ1n) is 7.15. The predicted octanol–water partition coefficient (Wildman–Crippen LogP) is 5.23. The van der Waals surface area contributed by atoms with Gasteiger partial charge in [0.25, 0.3) is 0 Å². The van der Waals surface area contributed by atoms with Crippen molar-refractivity contribution in [3.8, 4) is 16.9 Å². The number of halogens is 1. The van der Waals surface area contributed by atoms with E-state index < -0.39 is 0 Å². The average Bonchev–Trinajstić information content (AvgIpc) is 3.03. The fourth-order valence-corrected chi connectivity index (χ4v) is 3.40. The number of hydrogen-bond acceptors (Lipinski definition) is 5.